The first-order valence-corrected chi connectivity index (χ1v) is 11.1. The number of hydrogen-bond acceptors (Lipinski definition) is 10. The molecule has 1 aliphatic heterocycles. The number of nitrogens with zero attached hydrogens (tertiary/aromatic N) is 3. The SMILES string of the molecule is CCOC(=O)[C@]1(n2ccc(NC(C)=O)nc2=O)C[C@H](P(=O)(OCC)OCC)N(C)O1. The molecule has 0 aliphatic carbocycles. The van der Waals surface area contributed by atoms with Crippen LogP contribution in [0.2, 0.25) is 0 Å². The van der Waals surface area contributed by atoms with Gasteiger partial charge < -0.3 is 19.1 Å². The molecule has 1 saturated heterocycles. The zero-order valence-electron chi connectivity index (χ0n) is 17.6. The van der Waals surface area contributed by atoms with E-state index in [-0.39, 0.29) is 32.1 Å². The summed E-state index contributed by atoms with van der Waals surface area (Å²) in [4.78, 5) is 46.4. The second-order valence-electron chi connectivity index (χ2n) is 6.35. The minimum Gasteiger partial charge on any atom is -0.462 e. The second-order valence-corrected chi connectivity index (χ2v) is 8.54. The number of anilines is 1. The van der Waals surface area contributed by atoms with Crippen LogP contribution in [0.15, 0.2) is 17.1 Å². The number of amides is 1. The van der Waals surface area contributed by atoms with Crippen LogP contribution in [0.3, 0.4) is 0 Å². The number of ether oxygens (including phenoxy) is 1. The highest BCUT2D eigenvalue weighted by Gasteiger charge is 2.59. The van der Waals surface area contributed by atoms with Crippen LogP contribution in [0.25, 0.3) is 0 Å². The van der Waals surface area contributed by atoms with Gasteiger partial charge in [0.1, 0.15) is 11.6 Å². The van der Waals surface area contributed by atoms with Crippen LogP contribution in [-0.4, -0.2) is 59.1 Å². The van der Waals surface area contributed by atoms with Crippen molar-refractivity contribution in [3.05, 3.63) is 22.7 Å². The summed E-state index contributed by atoms with van der Waals surface area (Å²) < 4.78 is 30.2. The molecule has 0 spiro atoms. The number of esters is 1. The van der Waals surface area contributed by atoms with Crippen molar-refractivity contribution in [2.45, 2.75) is 45.6 Å². The van der Waals surface area contributed by atoms with E-state index in [0.29, 0.717) is 0 Å². The lowest BCUT2D eigenvalue weighted by molar-refractivity contribution is -0.235. The minimum absolute atomic E-state index is 0.0139. The van der Waals surface area contributed by atoms with Crippen molar-refractivity contribution in [2.24, 2.45) is 0 Å². The predicted molar refractivity (Wildman–Crippen MR) is 106 cm³/mol. The van der Waals surface area contributed by atoms with Gasteiger partial charge in [-0.3, -0.25) is 18.8 Å². The smallest absolute Gasteiger partial charge is 0.362 e. The molecular weight excluding hydrogens is 419 g/mol. The molecule has 1 aliphatic rings. The van der Waals surface area contributed by atoms with Crippen LogP contribution < -0.4 is 11.0 Å². The van der Waals surface area contributed by atoms with E-state index in [0.717, 1.165) is 4.57 Å². The predicted octanol–water partition coefficient (Wildman–Crippen LogP) is 1.28. The number of rotatable bonds is 9. The Bertz CT molecular complexity index is 881. The molecule has 13 heteroatoms. The van der Waals surface area contributed by atoms with E-state index in [2.05, 4.69) is 10.3 Å². The van der Waals surface area contributed by atoms with Gasteiger partial charge in [-0.05, 0) is 26.8 Å². The summed E-state index contributed by atoms with van der Waals surface area (Å²) in [6.45, 7) is 6.45. The Hall–Kier alpha value is -2.11. The van der Waals surface area contributed by atoms with Gasteiger partial charge in [-0.15, -0.1) is 0 Å². The summed E-state index contributed by atoms with van der Waals surface area (Å²) in [6.07, 6.45) is 1.00. The Kier molecular flexibility index (Phi) is 7.89. The first-order valence-electron chi connectivity index (χ1n) is 9.49. The van der Waals surface area contributed by atoms with Gasteiger partial charge in [0, 0.05) is 26.6 Å². The lowest BCUT2D eigenvalue weighted by atomic mass is 10.1. The summed E-state index contributed by atoms with van der Waals surface area (Å²) in [5.41, 5.74) is -2.84. The highest BCUT2D eigenvalue weighted by atomic mass is 31.2. The Morgan fingerprint density at radius 2 is 1.93 bits per heavy atom. The number of hydroxylamine groups is 2. The average molecular weight is 446 g/mol. The van der Waals surface area contributed by atoms with Gasteiger partial charge in [-0.2, -0.15) is 10.0 Å². The summed E-state index contributed by atoms with van der Waals surface area (Å²) >= 11 is 0. The van der Waals surface area contributed by atoms with Crippen LogP contribution in [0.5, 0.6) is 0 Å². The first kappa shape index (κ1) is 24.2. The zero-order valence-corrected chi connectivity index (χ0v) is 18.5. The molecule has 1 N–H and O–H groups in total. The molecule has 0 unspecified atom stereocenters. The molecule has 1 aromatic heterocycles. The van der Waals surface area contributed by atoms with E-state index in [9.17, 15) is 18.9 Å². The van der Waals surface area contributed by atoms with Crippen molar-refractivity contribution in [3.8, 4) is 0 Å². The van der Waals surface area contributed by atoms with Crippen molar-refractivity contribution >= 4 is 25.3 Å². The number of nitrogens with one attached hydrogen (secondary N) is 1. The van der Waals surface area contributed by atoms with Gasteiger partial charge in [0.15, 0.2) is 0 Å². The van der Waals surface area contributed by atoms with Crippen LogP contribution in [0.4, 0.5) is 5.82 Å². The molecule has 30 heavy (non-hydrogen) atoms. The van der Waals surface area contributed by atoms with Crippen molar-refractivity contribution < 1.29 is 32.8 Å². The molecule has 1 amide bonds. The molecule has 1 aromatic rings. The van der Waals surface area contributed by atoms with Gasteiger partial charge in [0.05, 0.1) is 19.8 Å². The normalized spacial score (nSPS) is 22.1. The van der Waals surface area contributed by atoms with E-state index in [1.54, 1.807) is 20.8 Å². The standard InChI is InChI=1S/C17H27N4O8P/c1-6-26-15(23)17(21-10-9-13(18-12(4)22)19-16(21)24)11-14(20(5)29-17)30(25,27-7-2)28-8-3/h9-10,14H,6-8,11H2,1-5H3,(H,18,19,22,24)/t14-,17-/m0/s1. The maximum atomic E-state index is 13.3. The third-order valence-corrected chi connectivity index (χ3v) is 6.72. The molecule has 0 aromatic carbocycles. The van der Waals surface area contributed by atoms with E-state index in [1.165, 1.54) is 31.3 Å². The summed E-state index contributed by atoms with van der Waals surface area (Å²) in [5.74, 6) is -2.25. The quantitative estimate of drug-likeness (QED) is 0.436. The third-order valence-electron chi connectivity index (χ3n) is 4.25. The van der Waals surface area contributed by atoms with Crippen molar-refractivity contribution in [1.82, 2.24) is 14.6 Å². The molecule has 2 atom stereocenters. The second kappa shape index (κ2) is 9.80. The van der Waals surface area contributed by atoms with E-state index in [1.807, 2.05) is 0 Å². The molecule has 0 bridgehead atoms. The first-order chi connectivity index (χ1) is 14.1. The largest absolute Gasteiger partial charge is 0.462 e. The van der Waals surface area contributed by atoms with E-state index < -0.39 is 36.7 Å². The topological polar surface area (TPSA) is 138 Å². The summed E-state index contributed by atoms with van der Waals surface area (Å²) in [7, 11) is -2.27. The van der Waals surface area contributed by atoms with Crippen molar-refractivity contribution in [2.75, 3.05) is 32.2 Å². The Balaban J connectivity index is 2.54. The molecule has 0 radical (unpaired) electrons. The molecule has 0 saturated carbocycles. The van der Waals surface area contributed by atoms with Gasteiger partial charge in [-0.25, -0.2) is 9.59 Å². The lowest BCUT2D eigenvalue weighted by Gasteiger charge is -2.27. The number of aromatic nitrogens is 2. The fourth-order valence-corrected chi connectivity index (χ4v) is 5.18. The highest BCUT2D eigenvalue weighted by Crippen LogP contribution is 2.59. The Morgan fingerprint density at radius 1 is 1.30 bits per heavy atom. The molecular formula is C17H27N4O8P. The lowest BCUT2D eigenvalue weighted by Crippen LogP contribution is -2.49. The van der Waals surface area contributed by atoms with Crippen LogP contribution in [-0.2, 0) is 38.5 Å². The number of hydrogen-bond donors (Lipinski definition) is 1. The van der Waals surface area contributed by atoms with Crippen molar-refractivity contribution in [3.63, 3.8) is 0 Å². The molecule has 12 nitrogen and oxygen atoms in total. The summed E-state index contributed by atoms with van der Waals surface area (Å²) in [6, 6.07) is 1.34. The van der Waals surface area contributed by atoms with Gasteiger partial charge in [0.25, 0.3) is 5.72 Å². The maximum Gasteiger partial charge on any atom is 0.362 e. The van der Waals surface area contributed by atoms with Gasteiger partial charge in [0.2, 0.25) is 5.91 Å². The zero-order chi connectivity index (χ0) is 22.5. The minimum atomic E-state index is -3.73. The fourth-order valence-electron chi connectivity index (χ4n) is 3.13. The maximum absolute atomic E-state index is 13.3. The number of carbonyl (C=O) groups excluding carboxylic acids is 2. The van der Waals surface area contributed by atoms with Crippen LogP contribution >= 0.6 is 7.60 Å². The van der Waals surface area contributed by atoms with Gasteiger partial charge in [-0.1, -0.05) is 0 Å². The summed E-state index contributed by atoms with van der Waals surface area (Å²) in [5, 5.41) is 3.57. The molecule has 1 fully saturated rings. The van der Waals surface area contributed by atoms with Gasteiger partial charge >= 0.3 is 19.3 Å². The molecule has 2 heterocycles. The fraction of sp³-hybridized carbons (Fsp3) is 0.647. The van der Waals surface area contributed by atoms with Crippen LogP contribution in [0, 0.1) is 0 Å². The Labute approximate surface area is 173 Å². The molecule has 2 rings (SSSR count). The monoisotopic (exact) mass is 446 g/mol. The van der Waals surface area contributed by atoms with E-state index in [4.69, 9.17) is 18.6 Å². The van der Waals surface area contributed by atoms with E-state index >= 15 is 0 Å². The van der Waals surface area contributed by atoms with Crippen molar-refractivity contribution in [1.29, 1.82) is 0 Å². The van der Waals surface area contributed by atoms with Crippen LogP contribution in [0.1, 0.15) is 34.1 Å². The highest BCUT2D eigenvalue weighted by molar-refractivity contribution is 7.54. The average Bonchev–Trinajstić information content (AvgIpc) is 3.01. The number of carbonyl (C=O) groups is 2. The third kappa shape index (κ3) is 4.79. The molecule has 168 valence electrons. The Morgan fingerprint density at radius 3 is 2.43 bits per heavy atom.